The molecule has 1 amide bonds. The number of hydrogen-bond donors (Lipinski definition) is 2. The van der Waals surface area contributed by atoms with Gasteiger partial charge >= 0.3 is 0 Å². The molecule has 0 aliphatic carbocycles. The first-order valence-electron chi connectivity index (χ1n) is 5.45. The summed E-state index contributed by atoms with van der Waals surface area (Å²) in [5, 5.41) is 6.43. The first kappa shape index (κ1) is 13.6. The van der Waals surface area contributed by atoms with E-state index in [1.807, 2.05) is 6.07 Å². The van der Waals surface area contributed by atoms with E-state index in [1.165, 1.54) is 0 Å². The van der Waals surface area contributed by atoms with Gasteiger partial charge in [-0.2, -0.15) is 0 Å². The van der Waals surface area contributed by atoms with Gasteiger partial charge in [-0.15, -0.1) is 0 Å². The Morgan fingerprint density at radius 1 is 1.47 bits per heavy atom. The Bertz CT molecular complexity index is 383. The maximum Gasteiger partial charge on any atom is 0.219 e. The van der Waals surface area contributed by atoms with Gasteiger partial charge in [0.1, 0.15) is 5.75 Å². The number of halogens is 1. The summed E-state index contributed by atoms with van der Waals surface area (Å²) < 4.78 is 5.20. The van der Waals surface area contributed by atoms with E-state index >= 15 is 0 Å². The van der Waals surface area contributed by atoms with Crippen molar-refractivity contribution in [3.63, 3.8) is 0 Å². The van der Waals surface area contributed by atoms with Crippen LogP contribution in [0.25, 0.3) is 0 Å². The summed E-state index contributed by atoms with van der Waals surface area (Å²) in [7, 11) is 3.24. The zero-order valence-electron chi connectivity index (χ0n) is 10.0. The van der Waals surface area contributed by atoms with E-state index in [-0.39, 0.29) is 5.91 Å². The molecule has 0 spiro atoms. The molecule has 94 valence electrons. The Morgan fingerprint density at radius 2 is 2.24 bits per heavy atom. The van der Waals surface area contributed by atoms with Crippen LogP contribution in [0.3, 0.4) is 0 Å². The van der Waals surface area contributed by atoms with Crippen LogP contribution in [0.15, 0.2) is 18.2 Å². The number of methoxy groups -OCH3 is 1. The Balaban J connectivity index is 2.45. The lowest BCUT2D eigenvalue weighted by Gasteiger charge is -2.11. The first-order chi connectivity index (χ1) is 8.17. The number of benzene rings is 1. The third-order valence-corrected chi connectivity index (χ3v) is 2.57. The average molecular weight is 257 g/mol. The molecule has 0 saturated heterocycles. The molecule has 0 fully saturated rings. The molecule has 0 aliphatic heterocycles. The number of ether oxygens (including phenoxy) is 1. The monoisotopic (exact) mass is 256 g/mol. The number of hydrogen-bond acceptors (Lipinski definition) is 3. The van der Waals surface area contributed by atoms with Crippen molar-refractivity contribution in [1.82, 2.24) is 5.32 Å². The van der Waals surface area contributed by atoms with Gasteiger partial charge in [-0.3, -0.25) is 4.79 Å². The minimum absolute atomic E-state index is 0.0462. The topological polar surface area (TPSA) is 50.4 Å². The number of anilines is 1. The van der Waals surface area contributed by atoms with Crippen molar-refractivity contribution in [3.05, 3.63) is 23.2 Å². The van der Waals surface area contributed by atoms with E-state index < -0.39 is 0 Å². The van der Waals surface area contributed by atoms with E-state index in [4.69, 9.17) is 16.3 Å². The van der Waals surface area contributed by atoms with Gasteiger partial charge in [0.25, 0.3) is 0 Å². The fraction of sp³-hybridized carbons (Fsp3) is 0.417. The third-order valence-electron chi connectivity index (χ3n) is 2.34. The van der Waals surface area contributed by atoms with E-state index in [2.05, 4.69) is 10.6 Å². The second kappa shape index (κ2) is 7.01. The molecule has 0 unspecified atom stereocenters. The molecule has 0 atom stereocenters. The molecule has 0 saturated carbocycles. The highest BCUT2D eigenvalue weighted by molar-refractivity contribution is 6.30. The molecular formula is C12H17ClN2O2. The van der Waals surface area contributed by atoms with Gasteiger partial charge in [-0.25, -0.2) is 0 Å². The quantitative estimate of drug-likeness (QED) is 0.768. The molecule has 0 bridgehead atoms. The van der Waals surface area contributed by atoms with E-state index in [9.17, 15) is 4.79 Å². The lowest BCUT2D eigenvalue weighted by molar-refractivity contribution is -0.120. The highest BCUT2D eigenvalue weighted by Gasteiger charge is 2.03. The zero-order chi connectivity index (χ0) is 12.7. The second-order valence-corrected chi connectivity index (χ2v) is 3.98. The van der Waals surface area contributed by atoms with Crippen molar-refractivity contribution in [1.29, 1.82) is 0 Å². The largest absolute Gasteiger partial charge is 0.495 e. The standard InChI is InChI=1S/C12H17ClN2O2/c1-14-12(16)4-3-7-15-10-8-9(13)5-6-11(10)17-2/h5-6,8,15H,3-4,7H2,1-2H3,(H,14,16). The Labute approximate surface area is 106 Å². The van der Waals surface area contributed by atoms with Crippen LogP contribution in [0.1, 0.15) is 12.8 Å². The van der Waals surface area contributed by atoms with Gasteiger partial charge < -0.3 is 15.4 Å². The number of nitrogens with one attached hydrogen (secondary N) is 2. The Morgan fingerprint density at radius 3 is 2.88 bits per heavy atom. The minimum Gasteiger partial charge on any atom is -0.495 e. The molecule has 0 radical (unpaired) electrons. The summed E-state index contributed by atoms with van der Waals surface area (Å²) in [4.78, 5) is 11.0. The highest BCUT2D eigenvalue weighted by Crippen LogP contribution is 2.27. The van der Waals surface area contributed by atoms with Crippen molar-refractivity contribution in [3.8, 4) is 5.75 Å². The van der Waals surface area contributed by atoms with Gasteiger partial charge in [-0.05, 0) is 24.6 Å². The first-order valence-corrected chi connectivity index (χ1v) is 5.83. The van der Waals surface area contributed by atoms with Crippen LogP contribution < -0.4 is 15.4 Å². The molecule has 1 aromatic carbocycles. The van der Waals surface area contributed by atoms with Crippen molar-refractivity contribution < 1.29 is 9.53 Å². The number of amides is 1. The number of rotatable bonds is 6. The predicted octanol–water partition coefficient (Wildman–Crippen LogP) is 2.29. The fourth-order valence-electron chi connectivity index (χ4n) is 1.42. The summed E-state index contributed by atoms with van der Waals surface area (Å²) in [5.74, 6) is 0.791. The predicted molar refractivity (Wildman–Crippen MR) is 69.8 cm³/mol. The molecule has 2 N–H and O–H groups in total. The maximum atomic E-state index is 11.0. The molecule has 0 aliphatic rings. The fourth-order valence-corrected chi connectivity index (χ4v) is 1.59. The number of carbonyl (C=O) groups is 1. The lowest BCUT2D eigenvalue weighted by atomic mass is 10.2. The Hall–Kier alpha value is -1.42. The second-order valence-electron chi connectivity index (χ2n) is 3.55. The van der Waals surface area contributed by atoms with E-state index in [0.29, 0.717) is 18.0 Å². The van der Waals surface area contributed by atoms with Gasteiger partial charge in [0.15, 0.2) is 0 Å². The molecule has 0 aromatic heterocycles. The summed E-state index contributed by atoms with van der Waals surface area (Å²) in [5.41, 5.74) is 0.844. The van der Waals surface area contributed by atoms with Crippen LogP contribution in [0.4, 0.5) is 5.69 Å². The van der Waals surface area contributed by atoms with Gasteiger partial charge in [-0.1, -0.05) is 11.6 Å². The third kappa shape index (κ3) is 4.53. The molecule has 0 heterocycles. The lowest BCUT2D eigenvalue weighted by Crippen LogP contribution is -2.18. The van der Waals surface area contributed by atoms with Crippen molar-refractivity contribution in [2.75, 3.05) is 26.0 Å². The van der Waals surface area contributed by atoms with E-state index in [1.54, 1.807) is 26.3 Å². The normalized spacial score (nSPS) is 9.82. The Kier molecular flexibility index (Phi) is 5.63. The van der Waals surface area contributed by atoms with Crippen LogP contribution in [-0.4, -0.2) is 26.6 Å². The van der Waals surface area contributed by atoms with Gasteiger partial charge in [0.05, 0.1) is 12.8 Å². The van der Waals surface area contributed by atoms with Crippen LogP contribution in [0, 0.1) is 0 Å². The maximum absolute atomic E-state index is 11.0. The van der Waals surface area contributed by atoms with Crippen LogP contribution in [0.5, 0.6) is 5.75 Å². The molecule has 5 heteroatoms. The zero-order valence-corrected chi connectivity index (χ0v) is 10.8. The summed E-state index contributed by atoms with van der Waals surface area (Å²) >= 11 is 5.90. The van der Waals surface area contributed by atoms with Gasteiger partial charge in [0.2, 0.25) is 5.91 Å². The molecule has 4 nitrogen and oxygen atoms in total. The van der Waals surface area contributed by atoms with Crippen LogP contribution in [-0.2, 0) is 4.79 Å². The summed E-state index contributed by atoms with van der Waals surface area (Å²) in [6, 6.07) is 5.39. The smallest absolute Gasteiger partial charge is 0.219 e. The van der Waals surface area contributed by atoms with Crippen molar-refractivity contribution >= 4 is 23.2 Å². The summed E-state index contributed by atoms with van der Waals surface area (Å²) in [6.45, 7) is 0.699. The van der Waals surface area contributed by atoms with Crippen LogP contribution in [0.2, 0.25) is 5.02 Å². The average Bonchev–Trinajstić information content (AvgIpc) is 2.34. The molecule has 17 heavy (non-hydrogen) atoms. The van der Waals surface area contributed by atoms with Crippen molar-refractivity contribution in [2.24, 2.45) is 0 Å². The van der Waals surface area contributed by atoms with Crippen LogP contribution >= 0.6 is 11.6 Å². The SMILES string of the molecule is CNC(=O)CCCNc1cc(Cl)ccc1OC. The van der Waals surface area contributed by atoms with E-state index in [0.717, 1.165) is 17.9 Å². The highest BCUT2D eigenvalue weighted by atomic mass is 35.5. The molecular weight excluding hydrogens is 240 g/mol. The van der Waals surface area contributed by atoms with Crippen molar-refractivity contribution in [2.45, 2.75) is 12.8 Å². The molecule has 1 rings (SSSR count). The molecule has 1 aromatic rings. The number of carbonyl (C=O) groups excluding carboxylic acids is 1. The summed E-state index contributed by atoms with van der Waals surface area (Å²) in [6.07, 6.45) is 1.27. The minimum atomic E-state index is 0.0462. The van der Waals surface area contributed by atoms with Gasteiger partial charge in [0, 0.05) is 25.0 Å².